The van der Waals surface area contributed by atoms with E-state index in [0.717, 1.165) is 12.8 Å². The first-order chi connectivity index (χ1) is 8.41. The standard InChI is InChI=1S/C12H15Cl2NO2S/c1-9-3-2-6-15(8-9)18(16,17)10-4-5-11(13)12(14)7-10/h4-5,7,9H,2-3,6,8H2,1H3. The van der Waals surface area contributed by atoms with E-state index in [-0.39, 0.29) is 9.92 Å². The van der Waals surface area contributed by atoms with Gasteiger partial charge in [0.05, 0.1) is 14.9 Å². The Kier molecular flexibility index (Phi) is 4.22. The Morgan fingerprint density at radius 3 is 2.61 bits per heavy atom. The SMILES string of the molecule is CC1CCCN(S(=O)(=O)c2ccc(Cl)c(Cl)c2)C1. The number of nitrogens with zero attached hydrogens (tertiary/aromatic N) is 1. The van der Waals surface area contributed by atoms with Crippen molar-refractivity contribution in [2.75, 3.05) is 13.1 Å². The van der Waals surface area contributed by atoms with Crippen molar-refractivity contribution in [1.82, 2.24) is 4.31 Å². The molecular weight excluding hydrogens is 293 g/mol. The van der Waals surface area contributed by atoms with Crippen LogP contribution in [-0.2, 0) is 10.0 Å². The lowest BCUT2D eigenvalue weighted by atomic mass is 10.0. The van der Waals surface area contributed by atoms with Crippen LogP contribution in [0.1, 0.15) is 19.8 Å². The number of piperidine rings is 1. The molecule has 1 fully saturated rings. The molecular formula is C12H15Cl2NO2S. The van der Waals surface area contributed by atoms with Gasteiger partial charge in [0.15, 0.2) is 0 Å². The van der Waals surface area contributed by atoms with E-state index in [9.17, 15) is 8.42 Å². The van der Waals surface area contributed by atoms with E-state index in [1.807, 2.05) is 0 Å². The zero-order valence-corrected chi connectivity index (χ0v) is 12.4. The van der Waals surface area contributed by atoms with Crippen molar-refractivity contribution in [3.8, 4) is 0 Å². The summed E-state index contributed by atoms with van der Waals surface area (Å²) in [5, 5.41) is 0.630. The van der Waals surface area contributed by atoms with E-state index >= 15 is 0 Å². The van der Waals surface area contributed by atoms with Gasteiger partial charge < -0.3 is 0 Å². The number of sulfonamides is 1. The molecule has 0 spiro atoms. The molecule has 1 aliphatic rings. The highest BCUT2D eigenvalue weighted by Gasteiger charge is 2.28. The summed E-state index contributed by atoms with van der Waals surface area (Å²) in [6.07, 6.45) is 1.98. The molecule has 18 heavy (non-hydrogen) atoms. The van der Waals surface area contributed by atoms with Gasteiger partial charge in [0.2, 0.25) is 10.0 Å². The summed E-state index contributed by atoms with van der Waals surface area (Å²) in [6.45, 7) is 3.21. The molecule has 0 aliphatic carbocycles. The Morgan fingerprint density at radius 2 is 2.00 bits per heavy atom. The van der Waals surface area contributed by atoms with Gasteiger partial charge in [-0.05, 0) is 37.0 Å². The van der Waals surface area contributed by atoms with E-state index in [4.69, 9.17) is 23.2 Å². The Hall–Kier alpha value is -0.290. The van der Waals surface area contributed by atoms with Crippen LogP contribution >= 0.6 is 23.2 Å². The van der Waals surface area contributed by atoms with Gasteiger partial charge in [0, 0.05) is 13.1 Å². The van der Waals surface area contributed by atoms with Crippen LogP contribution in [0.4, 0.5) is 0 Å². The van der Waals surface area contributed by atoms with Crippen LogP contribution in [0.2, 0.25) is 10.0 Å². The van der Waals surface area contributed by atoms with Crippen LogP contribution in [0.25, 0.3) is 0 Å². The molecule has 0 bridgehead atoms. The van der Waals surface area contributed by atoms with Crippen molar-refractivity contribution in [1.29, 1.82) is 0 Å². The molecule has 0 radical (unpaired) electrons. The molecule has 2 rings (SSSR count). The van der Waals surface area contributed by atoms with E-state index in [1.54, 1.807) is 0 Å². The van der Waals surface area contributed by atoms with E-state index in [1.165, 1.54) is 22.5 Å². The second kappa shape index (κ2) is 5.37. The fourth-order valence-corrected chi connectivity index (χ4v) is 4.14. The van der Waals surface area contributed by atoms with Crippen LogP contribution < -0.4 is 0 Å². The maximum absolute atomic E-state index is 12.4. The number of halogens is 2. The number of rotatable bonds is 2. The third-order valence-corrected chi connectivity index (χ3v) is 5.75. The fourth-order valence-electron chi connectivity index (χ4n) is 2.15. The summed E-state index contributed by atoms with van der Waals surface area (Å²) in [5.41, 5.74) is 0. The first kappa shape index (κ1) is 14.1. The molecule has 0 saturated carbocycles. The summed E-state index contributed by atoms with van der Waals surface area (Å²) in [7, 11) is -3.44. The minimum Gasteiger partial charge on any atom is -0.207 e. The van der Waals surface area contributed by atoms with Gasteiger partial charge in [0.1, 0.15) is 0 Å². The van der Waals surface area contributed by atoms with Gasteiger partial charge in [-0.2, -0.15) is 4.31 Å². The molecule has 1 aliphatic heterocycles. The third-order valence-electron chi connectivity index (χ3n) is 3.15. The lowest BCUT2D eigenvalue weighted by molar-refractivity contribution is 0.281. The molecule has 0 aromatic heterocycles. The highest BCUT2D eigenvalue weighted by atomic mass is 35.5. The average Bonchev–Trinajstić information content (AvgIpc) is 2.32. The first-order valence-electron chi connectivity index (χ1n) is 5.86. The summed E-state index contributed by atoms with van der Waals surface area (Å²) in [6, 6.07) is 4.44. The van der Waals surface area contributed by atoms with Crippen molar-refractivity contribution in [2.24, 2.45) is 5.92 Å². The Morgan fingerprint density at radius 1 is 1.28 bits per heavy atom. The van der Waals surface area contributed by atoms with Crippen LogP contribution in [0.3, 0.4) is 0 Å². The van der Waals surface area contributed by atoms with Crippen molar-refractivity contribution < 1.29 is 8.42 Å². The van der Waals surface area contributed by atoms with Crippen molar-refractivity contribution in [3.63, 3.8) is 0 Å². The summed E-state index contributed by atoms with van der Waals surface area (Å²) in [5.74, 6) is 0.399. The lowest BCUT2D eigenvalue weighted by Crippen LogP contribution is -2.39. The van der Waals surface area contributed by atoms with E-state index in [0.29, 0.717) is 24.0 Å². The molecule has 1 saturated heterocycles. The first-order valence-corrected chi connectivity index (χ1v) is 8.06. The van der Waals surface area contributed by atoms with Gasteiger partial charge in [-0.15, -0.1) is 0 Å². The Labute approximate surface area is 118 Å². The van der Waals surface area contributed by atoms with Gasteiger partial charge in [0.25, 0.3) is 0 Å². The molecule has 0 amide bonds. The summed E-state index contributed by atoms with van der Waals surface area (Å²) >= 11 is 11.7. The van der Waals surface area contributed by atoms with Gasteiger partial charge >= 0.3 is 0 Å². The Balaban J connectivity index is 2.32. The minimum atomic E-state index is -3.44. The van der Waals surface area contributed by atoms with Crippen molar-refractivity contribution in [2.45, 2.75) is 24.7 Å². The van der Waals surface area contributed by atoms with Gasteiger partial charge in [-0.25, -0.2) is 8.42 Å². The van der Waals surface area contributed by atoms with Crippen molar-refractivity contribution in [3.05, 3.63) is 28.2 Å². The highest BCUT2D eigenvalue weighted by molar-refractivity contribution is 7.89. The van der Waals surface area contributed by atoms with Crippen LogP contribution in [0.5, 0.6) is 0 Å². The molecule has 1 heterocycles. The summed E-state index contributed by atoms with van der Waals surface area (Å²) in [4.78, 5) is 0.214. The topological polar surface area (TPSA) is 37.4 Å². The maximum atomic E-state index is 12.4. The zero-order valence-electron chi connectivity index (χ0n) is 10.1. The second-order valence-electron chi connectivity index (χ2n) is 4.69. The van der Waals surface area contributed by atoms with Gasteiger partial charge in [-0.1, -0.05) is 30.1 Å². The predicted octanol–water partition coefficient (Wildman–Crippen LogP) is 3.41. The molecule has 1 aromatic rings. The van der Waals surface area contributed by atoms with E-state index in [2.05, 4.69) is 6.92 Å². The molecule has 0 N–H and O–H groups in total. The molecule has 6 heteroatoms. The second-order valence-corrected chi connectivity index (χ2v) is 7.44. The largest absolute Gasteiger partial charge is 0.243 e. The summed E-state index contributed by atoms with van der Waals surface area (Å²) < 4.78 is 26.4. The predicted molar refractivity (Wildman–Crippen MR) is 73.6 cm³/mol. The highest BCUT2D eigenvalue weighted by Crippen LogP contribution is 2.28. The van der Waals surface area contributed by atoms with Crippen LogP contribution in [-0.4, -0.2) is 25.8 Å². The van der Waals surface area contributed by atoms with Crippen LogP contribution in [0.15, 0.2) is 23.1 Å². The van der Waals surface area contributed by atoms with Gasteiger partial charge in [-0.3, -0.25) is 0 Å². The normalized spacial score (nSPS) is 22.1. The lowest BCUT2D eigenvalue weighted by Gasteiger charge is -2.30. The van der Waals surface area contributed by atoms with Crippen LogP contribution in [0, 0.1) is 5.92 Å². The molecule has 100 valence electrons. The smallest absolute Gasteiger partial charge is 0.207 e. The quantitative estimate of drug-likeness (QED) is 0.839. The van der Waals surface area contributed by atoms with E-state index < -0.39 is 10.0 Å². The molecule has 1 atom stereocenters. The average molecular weight is 308 g/mol. The fraction of sp³-hybridized carbons (Fsp3) is 0.500. The Bertz CT molecular complexity index is 545. The number of hydrogen-bond acceptors (Lipinski definition) is 2. The maximum Gasteiger partial charge on any atom is 0.243 e. The monoisotopic (exact) mass is 307 g/mol. The zero-order chi connectivity index (χ0) is 13.3. The third kappa shape index (κ3) is 2.82. The minimum absolute atomic E-state index is 0.214. The molecule has 3 nitrogen and oxygen atoms in total. The molecule has 1 aromatic carbocycles. The number of hydrogen-bond donors (Lipinski definition) is 0. The molecule has 1 unspecified atom stereocenters. The number of benzene rings is 1. The van der Waals surface area contributed by atoms with Crippen molar-refractivity contribution >= 4 is 33.2 Å².